The lowest BCUT2D eigenvalue weighted by atomic mass is 10.3. The molecule has 0 aliphatic heterocycles. The van der Waals surface area contributed by atoms with E-state index in [1.807, 2.05) is 0 Å². The Morgan fingerprint density at radius 3 is 2.93 bits per heavy atom. The van der Waals surface area contributed by atoms with Crippen LogP contribution in [0.5, 0.6) is 5.75 Å². The van der Waals surface area contributed by atoms with Crippen molar-refractivity contribution in [3.8, 4) is 17.6 Å². The molecule has 0 atom stereocenters. The molecular weight excluding hydrogens is 204 g/mol. The molecule has 0 radical (unpaired) electrons. The van der Waals surface area contributed by atoms with Gasteiger partial charge in [0, 0.05) is 6.07 Å². The molecule has 0 fully saturated rings. The Kier molecular flexibility index (Phi) is 3.31. The van der Waals surface area contributed by atoms with Crippen molar-refractivity contribution in [2.24, 2.45) is 0 Å². The number of thiol groups is 1. The predicted molar refractivity (Wildman–Crippen MR) is 53.3 cm³/mol. The molecule has 1 heterocycles. The lowest BCUT2D eigenvalue weighted by molar-refractivity contribution is -0.390. The van der Waals surface area contributed by atoms with Crippen molar-refractivity contribution in [1.29, 1.82) is 0 Å². The van der Waals surface area contributed by atoms with Crippen LogP contribution < -0.4 is 0 Å². The summed E-state index contributed by atoms with van der Waals surface area (Å²) in [6.07, 6.45) is 0. The van der Waals surface area contributed by atoms with Crippen LogP contribution in [0.4, 0.5) is 5.82 Å². The second kappa shape index (κ2) is 4.48. The largest absolute Gasteiger partial charge is 0.501 e. The fourth-order valence-electron chi connectivity index (χ4n) is 0.775. The lowest BCUT2D eigenvalue weighted by Crippen LogP contribution is -1.94. The second-order valence-corrected chi connectivity index (χ2v) is 2.57. The molecule has 1 N–H and O–H groups in total. The van der Waals surface area contributed by atoms with Gasteiger partial charge in [-0.3, -0.25) is 0 Å². The summed E-state index contributed by atoms with van der Waals surface area (Å²) in [5, 5.41) is 19.4. The third-order valence-corrected chi connectivity index (χ3v) is 1.48. The number of nitrogens with zero attached hydrogens (tertiary/aromatic N) is 2. The first-order chi connectivity index (χ1) is 6.65. The topological polar surface area (TPSA) is 76.3 Å². The number of aromatic nitrogens is 1. The van der Waals surface area contributed by atoms with Gasteiger partial charge in [-0.2, -0.15) is 12.6 Å². The van der Waals surface area contributed by atoms with Crippen LogP contribution >= 0.6 is 12.6 Å². The van der Waals surface area contributed by atoms with Crippen molar-refractivity contribution in [3.63, 3.8) is 0 Å². The van der Waals surface area contributed by atoms with Gasteiger partial charge in [-0.05, 0) is 21.9 Å². The van der Waals surface area contributed by atoms with E-state index in [9.17, 15) is 10.1 Å². The number of rotatable bonds is 1. The first-order valence-electron chi connectivity index (χ1n) is 3.59. The van der Waals surface area contributed by atoms with Crippen LogP contribution in [0, 0.1) is 22.0 Å². The molecule has 0 saturated carbocycles. The molecule has 1 rings (SSSR count). The molecule has 0 amide bonds. The highest BCUT2D eigenvalue weighted by Crippen LogP contribution is 2.21. The molecule has 1 aromatic rings. The van der Waals surface area contributed by atoms with Gasteiger partial charge in [0.2, 0.25) is 11.4 Å². The normalized spacial score (nSPS) is 8.93. The summed E-state index contributed by atoms with van der Waals surface area (Å²) in [6, 6.07) is 2.59. The molecule has 1 aromatic heterocycles. The maximum atomic E-state index is 10.4. The first kappa shape index (κ1) is 10.3. The second-order valence-electron chi connectivity index (χ2n) is 2.26. The van der Waals surface area contributed by atoms with Crippen LogP contribution in [0.25, 0.3) is 0 Å². The Morgan fingerprint density at radius 2 is 2.36 bits per heavy atom. The molecule has 72 valence electrons. The van der Waals surface area contributed by atoms with Gasteiger partial charge in [-0.15, -0.1) is 0 Å². The van der Waals surface area contributed by atoms with Gasteiger partial charge in [0.15, 0.2) is 0 Å². The van der Waals surface area contributed by atoms with Crippen molar-refractivity contribution >= 4 is 18.4 Å². The summed E-state index contributed by atoms with van der Waals surface area (Å²) in [4.78, 5) is 13.2. The van der Waals surface area contributed by atoms with E-state index in [0.717, 1.165) is 0 Å². The monoisotopic (exact) mass is 210 g/mol. The van der Waals surface area contributed by atoms with Gasteiger partial charge in [-0.1, -0.05) is 5.92 Å². The molecule has 14 heavy (non-hydrogen) atoms. The smallest absolute Gasteiger partial charge is 0.407 e. The Hall–Kier alpha value is -1.74. The summed E-state index contributed by atoms with van der Waals surface area (Å²) >= 11 is 3.85. The molecule has 0 unspecified atom stereocenters. The minimum atomic E-state index is -0.763. The quantitative estimate of drug-likeness (QED) is 0.313. The first-order valence-corrected chi connectivity index (χ1v) is 4.22. The Morgan fingerprint density at radius 1 is 1.64 bits per heavy atom. The van der Waals surface area contributed by atoms with Crippen LogP contribution in [-0.2, 0) is 0 Å². The molecule has 0 saturated heterocycles. The van der Waals surface area contributed by atoms with Gasteiger partial charge >= 0.3 is 5.82 Å². The average Bonchev–Trinajstić information content (AvgIpc) is 2.16. The van der Waals surface area contributed by atoms with Gasteiger partial charge in [0.05, 0.1) is 5.75 Å². The van der Waals surface area contributed by atoms with Crippen molar-refractivity contribution in [2.45, 2.75) is 0 Å². The van der Waals surface area contributed by atoms with Crippen molar-refractivity contribution in [3.05, 3.63) is 27.9 Å². The molecule has 5 nitrogen and oxygen atoms in total. The standard InChI is InChI=1S/C8H6N2O3S/c11-7-4-3-6(2-1-5-14)9-8(7)10(12)13/h3-4,11,14H,5H2. The van der Waals surface area contributed by atoms with E-state index in [2.05, 4.69) is 29.5 Å². The summed E-state index contributed by atoms with van der Waals surface area (Å²) in [5.74, 6) is 4.45. The number of hydrogen-bond donors (Lipinski definition) is 2. The molecule has 0 aliphatic rings. The average molecular weight is 210 g/mol. The Bertz CT molecular complexity index is 422. The summed E-state index contributed by atoms with van der Waals surface area (Å²) in [7, 11) is 0. The fourth-order valence-corrected chi connectivity index (χ4v) is 0.854. The summed E-state index contributed by atoms with van der Waals surface area (Å²) < 4.78 is 0. The predicted octanol–water partition coefficient (Wildman–Crippen LogP) is 0.977. The van der Waals surface area contributed by atoms with E-state index in [0.29, 0.717) is 5.75 Å². The molecule has 6 heteroatoms. The van der Waals surface area contributed by atoms with Crippen molar-refractivity contribution in [1.82, 2.24) is 4.98 Å². The molecule has 0 bridgehead atoms. The molecular formula is C8H6N2O3S. The van der Waals surface area contributed by atoms with E-state index in [1.54, 1.807) is 0 Å². The van der Waals surface area contributed by atoms with Crippen LogP contribution in [0.1, 0.15) is 5.69 Å². The van der Waals surface area contributed by atoms with Crippen LogP contribution in [0.15, 0.2) is 12.1 Å². The highest BCUT2D eigenvalue weighted by molar-refractivity contribution is 7.80. The SMILES string of the molecule is O=[N+]([O-])c1nc(C#CCS)ccc1O. The number of hydrogen-bond acceptors (Lipinski definition) is 5. The highest BCUT2D eigenvalue weighted by Gasteiger charge is 2.15. The van der Waals surface area contributed by atoms with Gasteiger partial charge in [-0.25, -0.2) is 0 Å². The Labute approximate surface area is 85.3 Å². The third-order valence-electron chi connectivity index (χ3n) is 1.32. The van der Waals surface area contributed by atoms with E-state index >= 15 is 0 Å². The maximum absolute atomic E-state index is 10.4. The Balaban J connectivity index is 3.13. The summed E-state index contributed by atoms with van der Waals surface area (Å²) in [5.41, 5.74) is 0.239. The molecule has 0 aromatic carbocycles. The van der Waals surface area contributed by atoms with Gasteiger partial charge in [0.1, 0.15) is 0 Å². The molecule has 0 aliphatic carbocycles. The van der Waals surface area contributed by atoms with Gasteiger partial charge in [0.25, 0.3) is 0 Å². The van der Waals surface area contributed by atoms with E-state index in [4.69, 9.17) is 5.11 Å². The minimum Gasteiger partial charge on any atom is -0.501 e. The van der Waals surface area contributed by atoms with E-state index < -0.39 is 16.5 Å². The minimum absolute atomic E-state index is 0.239. The zero-order valence-corrected chi connectivity index (χ0v) is 7.86. The number of nitro groups is 1. The highest BCUT2D eigenvalue weighted by atomic mass is 32.1. The zero-order chi connectivity index (χ0) is 10.6. The maximum Gasteiger partial charge on any atom is 0.407 e. The van der Waals surface area contributed by atoms with E-state index in [-0.39, 0.29) is 5.69 Å². The molecule has 0 spiro atoms. The van der Waals surface area contributed by atoms with Crippen LogP contribution in [0.3, 0.4) is 0 Å². The van der Waals surface area contributed by atoms with Crippen LogP contribution in [-0.4, -0.2) is 20.8 Å². The van der Waals surface area contributed by atoms with E-state index in [1.165, 1.54) is 12.1 Å². The summed E-state index contributed by atoms with van der Waals surface area (Å²) in [6.45, 7) is 0. The third kappa shape index (κ3) is 2.37. The van der Waals surface area contributed by atoms with Crippen molar-refractivity contribution < 1.29 is 10.0 Å². The van der Waals surface area contributed by atoms with Crippen molar-refractivity contribution in [2.75, 3.05) is 5.75 Å². The lowest BCUT2D eigenvalue weighted by Gasteiger charge is -1.94. The number of pyridine rings is 1. The van der Waals surface area contributed by atoms with Crippen LogP contribution in [0.2, 0.25) is 0 Å². The number of aromatic hydroxyl groups is 1. The fraction of sp³-hybridized carbons (Fsp3) is 0.125. The van der Waals surface area contributed by atoms with Gasteiger partial charge < -0.3 is 15.2 Å². The zero-order valence-electron chi connectivity index (χ0n) is 6.97.